The predicted molar refractivity (Wildman–Crippen MR) is 64.7 cm³/mol. The third kappa shape index (κ3) is 2.66. The molecule has 1 aromatic carbocycles. The molecule has 1 aromatic heterocycles. The number of carbonyl (C=O) groups excluding carboxylic acids is 1. The van der Waals surface area contributed by atoms with E-state index in [4.69, 9.17) is 9.52 Å². The van der Waals surface area contributed by atoms with Crippen molar-refractivity contribution in [1.29, 1.82) is 0 Å². The monoisotopic (exact) mass is 281 g/mol. The molecule has 5 nitrogen and oxygen atoms in total. The molecule has 2 rings (SSSR count). The first-order valence-electron chi connectivity index (χ1n) is 5.48. The Hall–Kier alpha value is -2.70. The molecule has 2 aromatic rings. The Morgan fingerprint density at radius 2 is 1.85 bits per heavy atom. The molecule has 0 saturated carbocycles. The second kappa shape index (κ2) is 5.12. The molecule has 0 aliphatic heterocycles. The van der Waals surface area contributed by atoms with E-state index in [-0.39, 0.29) is 11.4 Å². The second-order valence-electron chi connectivity index (χ2n) is 3.98. The number of aryl methyl sites for hydroxylation is 1. The van der Waals surface area contributed by atoms with Crippen LogP contribution < -0.4 is 5.32 Å². The zero-order valence-electron chi connectivity index (χ0n) is 10.2. The fraction of sp³-hybridized carbons (Fsp3) is 0.0769. The summed E-state index contributed by atoms with van der Waals surface area (Å²) in [7, 11) is 0. The van der Waals surface area contributed by atoms with E-state index in [0.717, 1.165) is 0 Å². The summed E-state index contributed by atoms with van der Waals surface area (Å²) in [6, 6.07) is 4.02. The van der Waals surface area contributed by atoms with Crippen LogP contribution in [0.1, 0.15) is 26.7 Å². The van der Waals surface area contributed by atoms with Crippen LogP contribution >= 0.6 is 0 Å². The van der Waals surface area contributed by atoms with Crippen molar-refractivity contribution >= 4 is 17.6 Å². The lowest BCUT2D eigenvalue weighted by Gasteiger charge is -2.08. The highest BCUT2D eigenvalue weighted by Gasteiger charge is 2.18. The maximum atomic E-state index is 13.1. The van der Waals surface area contributed by atoms with Gasteiger partial charge in [0, 0.05) is 6.07 Å². The summed E-state index contributed by atoms with van der Waals surface area (Å²) in [6.45, 7) is 1.62. The number of carboxylic acid groups (broad SMARTS) is 1. The van der Waals surface area contributed by atoms with Gasteiger partial charge in [-0.3, -0.25) is 4.79 Å². The molecule has 1 amide bonds. The highest BCUT2D eigenvalue weighted by Crippen LogP contribution is 2.21. The minimum atomic E-state index is -1.49. The first kappa shape index (κ1) is 13.7. The van der Waals surface area contributed by atoms with E-state index in [0.29, 0.717) is 17.9 Å². The van der Waals surface area contributed by atoms with E-state index in [1.54, 1.807) is 6.92 Å². The van der Waals surface area contributed by atoms with E-state index in [9.17, 15) is 18.4 Å². The van der Waals surface area contributed by atoms with Gasteiger partial charge in [-0.2, -0.15) is 0 Å². The zero-order valence-corrected chi connectivity index (χ0v) is 10.2. The Balaban J connectivity index is 2.35. The van der Waals surface area contributed by atoms with Crippen LogP contribution in [0.25, 0.3) is 0 Å². The van der Waals surface area contributed by atoms with Crippen LogP contribution in [0.3, 0.4) is 0 Å². The van der Waals surface area contributed by atoms with Gasteiger partial charge < -0.3 is 14.8 Å². The third-order valence-corrected chi connectivity index (χ3v) is 2.50. The number of amides is 1. The maximum Gasteiger partial charge on any atom is 0.337 e. The number of carboxylic acids is 1. The van der Waals surface area contributed by atoms with Crippen molar-refractivity contribution in [3.05, 3.63) is 53.0 Å². The van der Waals surface area contributed by atoms with Crippen LogP contribution in [0.2, 0.25) is 0 Å². The fourth-order valence-electron chi connectivity index (χ4n) is 1.57. The van der Waals surface area contributed by atoms with Crippen molar-refractivity contribution in [3.8, 4) is 0 Å². The average molecular weight is 281 g/mol. The first-order chi connectivity index (χ1) is 9.38. The quantitative estimate of drug-likeness (QED) is 0.906. The Kier molecular flexibility index (Phi) is 3.51. The van der Waals surface area contributed by atoms with Gasteiger partial charge >= 0.3 is 5.97 Å². The first-order valence-corrected chi connectivity index (χ1v) is 5.48. The summed E-state index contributed by atoms with van der Waals surface area (Å²) in [5.41, 5.74) is -0.906. The van der Waals surface area contributed by atoms with Crippen molar-refractivity contribution < 1.29 is 27.9 Å². The molecule has 0 unspecified atom stereocenters. The van der Waals surface area contributed by atoms with E-state index in [1.165, 1.54) is 12.1 Å². The number of rotatable bonds is 3. The van der Waals surface area contributed by atoms with E-state index in [1.807, 2.05) is 0 Å². The summed E-state index contributed by atoms with van der Waals surface area (Å²) < 4.78 is 31.2. The van der Waals surface area contributed by atoms with Crippen molar-refractivity contribution in [2.24, 2.45) is 0 Å². The van der Waals surface area contributed by atoms with Gasteiger partial charge in [-0.25, -0.2) is 13.6 Å². The summed E-state index contributed by atoms with van der Waals surface area (Å²) in [6.07, 6.45) is 0. The second-order valence-corrected chi connectivity index (χ2v) is 3.98. The van der Waals surface area contributed by atoms with E-state index in [2.05, 4.69) is 5.32 Å². The number of carbonyl (C=O) groups is 2. The van der Waals surface area contributed by atoms with Gasteiger partial charge in [0.15, 0.2) is 17.4 Å². The lowest BCUT2D eigenvalue weighted by Crippen LogP contribution is -2.15. The zero-order chi connectivity index (χ0) is 14.9. The fourth-order valence-corrected chi connectivity index (χ4v) is 1.57. The molecule has 0 saturated heterocycles. The van der Waals surface area contributed by atoms with Crippen molar-refractivity contribution in [1.82, 2.24) is 0 Å². The molecular weight excluding hydrogens is 272 g/mol. The Labute approximate surface area is 111 Å². The van der Waals surface area contributed by atoms with E-state index >= 15 is 0 Å². The van der Waals surface area contributed by atoms with Gasteiger partial charge in [0.05, 0.1) is 11.3 Å². The van der Waals surface area contributed by atoms with Crippen LogP contribution in [0, 0.1) is 18.6 Å². The molecule has 0 bridgehead atoms. The molecular formula is C13H9F2NO4. The lowest BCUT2D eigenvalue weighted by atomic mass is 10.1. The number of aromatic carboxylic acids is 1. The smallest absolute Gasteiger partial charge is 0.337 e. The molecule has 0 atom stereocenters. The largest absolute Gasteiger partial charge is 0.478 e. The third-order valence-electron chi connectivity index (χ3n) is 2.50. The topological polar surface area (TPSA) is 79.5 Å². The molecule has 7 heteroatoms. The highest BCUT2D eigenvalue weighted by atomic mass is 19.2. The predicted octanol–water partition coefficient (Wildman–Crippen LogP) is 2.82. The normalized spacial score (nSPS) is 10.3. The number of benzene rings is 1. The van der Waals surface area contributed by atoms with Gasteiger partial charge in [0.2, 0.25) is 0 Å². The number of anilines is 1. The Morgan fingerprint density at radius 1 is 1.20 bits per heavy atom. The molecule has 0 aliphatic carbocycles. The molecule has 104 valence electrons. The minimum Gasteiger partial charge on any atom is -0.478 e. The Morgan fingerprint density at radius 3 is 2.40 bits per heavy atom. The summed E-state index contributed by atoms with van der Waals surface area (Å²) >= 11 is 0. The van der Waals surface area contributed by atoms with Crippen LogP contribution in [-0.2, 0) is 0 Å². The molecule has 0 fully saturated rings. The van der Waals surface area contributed by atoms with Crippen LogP contribution in [0.5, 0.6) is 0 Å². The SMILES string of the molecule is Cc1ccc(C(=O)Nc2cc(F)c(F)cc2C(=O)O)o1. The van der Waals surface area contributed by atoms with Crippen LogP contribution in [0.15, 0.2) is 28.7 Å². The molecule has 0 radical (unpaired) electrons. The van der Waals surface area contributed by atoms with Crippen LogP contribution in [0.4, 0.5) is 14.5 Å². The van der Waals surface area contributed by atoms with Crippen molar-refractivity contribution in [2.45, 2.75) is 6.92 Å². The van der Waals surface area contributed by atoms with E-state index < -0.39 is 29.1 Å². The number of halogens is 2. The van der Waals surface area contributed by atoms with Gasteiger partial charge in [-0.1, -0.05) is 0 Å². The minimum absolute atomic E-state index is 0.0661. The number of nitrogens with one attached hydrogen (secondary N) is 1. The summed E-state index contributed by atoms with van der Waals surface area (Å²) in [5.74, 6) is -4.40. The molecule has 2 N–H and O–H groups in total. The molecule has 1 heterocycles. The maximum absolute atomic E-state index is 13.1. The van der Waals surface area contributed by atoms with Crippen LogP contribution in [-0.4, -0.2) is 17.0 Å². The highest BCUT2D eigenvalue weighted by molar-refractivity contribution is 6.06. The van der Waals surface area contributed by atoms with Gasteiger partial charge in [0.25, 0.3) is 5.91 Å². The number of hydrogen-bond acceptors (Lipinski definition) is 3. The standard InChI is InChI=1S/C13H9F2NO4/c1-6-2-3-11(20-6)12(17)16-10-5-9(15)8(14)4-7(10)13(18)19/h2-5H,1H3,(H,16,17)(H,18,19). The number of hydrogen-bond donors (Lipinski definition) is 2. The molecule has 0 spiro atoms. The lowest BCUT2D eigenvalue weighted by molar-refractivity contribution is 0.0697. The number of furan rings is 1. The van der Waals surface area contributed by atoms with Gasteiger partial charge in [0.1, 0.15) is 5.76 Å². The van der Waals surface area contributed by atoms with Crippen molar-refractivity contribution in [2.75, 3.05) is 5.32 Å². The molecule has 20 heavy (non-hydrogen) atoms. The summed E-state index contributed by atoms with van der Waals surface area (Å²) in [4.78, 5) is 22.7. The van der Waals surface area contributed by atoms with Gasteiger partial charge in [-0.05, 0) is 25.1 Å². The average Bonchev–Trinajstić information content (AvgIpc) is 2.80. The summed E-state index contributed by atoms with van der Waals surface area (Å²) in [5, 5.41) is 11.1. The van der Waals surface area contributed by atoms with Crippen molar-refractivity contribution in [3.63, 3.8) is 0 Å². The molecule has 0 aliphatic rings. The Bertz CT molecular complexity index is 694. The van der Waals surface area contributed by atoms with Gasteiger partial charge in [-0.15, -0.1) is 0 Å².